The van der Waals surface area contributed by atoms with Gasteiger partial charge in [-0.3, -0.25) is 10.2 Å². The Morgan fingerprint density at radius 2 is 2.50 bits per heavy atom. The van der Waals surface area contributed by atoms with E-state index < -0.39 is 0 Å². The summed E-state index contributed by atoms with van der Waals surface area (Å²) in [7, 11) is 0. The number of hydrogen-bond acceptors (Lipinski definition) is 4. The maximum atomic E-state index is 11.1. The van der Waals surface area contributed by atoms with Crippen LogP contribution >= 0.6 is 11.8 Å². The molecule has 4 nitrogen and oxygen atoms in total. The molecule has 0 saturated carbocycles. The Morgan fingerprint density at radius 3 is 3.00 bits per heavy atom. The Labute approximate surface area is 88.9 Å². The van der Waals surface area contributed by atoms with Crippen LogP contribution in [0.2, 0.25) is 0 Å². The molecule has 1 amide bonds. The molecule has 1 aliphatic heterocycles. The minimum absolute atomic E-state index is 0.0298. The lowest BCUT2D eigenvalue weighted by Gasteiger charge is -2.15. The van der Waals surface area contributed by atoms with Crippen LogP contribution in [0.1, 0.15) is 20.3 Å². The third kappa shape index (κ3) is 3.15. The lowest BCUT2D eigenvalue weighted by molar-refractivity contribution is -0.123. The zero-order valence-electron chi connectivity index (χ0n) is 8.66. The van der Waals surface area contributed by atoms with Crippen molar-refractivity contribution in [2.75, 3.05) is 12.4 Å². The van der Waals surface area contributed by atoms with Gasteiger partial charge in [0, 0.05) is 23.5 Å². The van der Waals surface area contributed by atoms with Gasteiger partial charge < -0.3 is 4.74 Å². The van der Waals surface area contributed by atoms with E-state index in [1.807, 2.05) is 6.92 Å². The van der Waals surface area contributed by atoms with E-state index >= 15 is 0 Å². The van der Waals surface area contributed by atoms with E-state index in [1.54, 1.807) is 11.8 Å². The molecule has 3 N–H and O–H groups in total. The number of nitrogens with two attached hydrogens (primary N) is 1. The fourth-order valence-electron chi connectivity index (χ4n) is 1.42. The van der Waals surface area contributed by atoms with Crippen LogP contribution in [0.25, 0.3) is 0 Å². The molecule has 1 rings (SSSR count). The third-order valence-corrected chi connectivity index (χ3v) is 4.20. The first-order chi connectivity index (χ1) is 6.65. The highest BCUT2D eigenvalue weighted by atomic mass is 32.2. The topological polar surface area (TPSA) is 64.3 Å². The van der Waals surface area contributed by atoms with Gasteiger partial charge in [-0.1, -0.05) is 6.92 Å². The van der Waals surface area contributed by atoms with Crippen molar-refractivity contribution in [2.45, 2.75) is 31.6 Å². The number of carbonyl (C=O) groups is 1. The molecular formula is C9H18N2O2S. The fraction of sp³-hybridized carbons (Fsp3) is 0.889. The van der Waals surface area contributed by atoms with Crippen LogP contribution in [-0.2, 0) is 9.53 Å². The van der Waals surface area contributed by atoms with Gasteiger partial charge in [-0.05, 0) is 13.3 Å². The molecular weight excluding hydrogens is 200 g/mol. The minimum Gasteiger partial charge on any atom is -0.377 e. The second kappa shape index (κ2) is 5.58. The fourth-order valence-corrected chi connectivity index (χ4v) is 2.72. The van der Waals surface area contributed by atoms with Crippen molar-refractivity contribution in [3.8, 4) is 0 Å². The molecule has 0 aromatic carbocycles. The highest BCUT2D eigenvalue weighted by Gasteiger charge is 2.25. The second-order valence-electron chi connectivity index (χ2n) is 3.65. The van der Waals surface area contributed by atoms with Crippen molar-refractivity contribution >= 4 is 17.7 Å². The zero-order valence-corrected chi connectivity index (χ0v) is 9.47. The van der Waals surface area contributed by atoms with Crippen molar-refractivity contribution < 1.29 is 9.53 Å². The standard InChI is InChI=1S/C9H18N2O2S/c1-6(9(12)11-10)5-14-8-3-4-13-7(8)2/h6-8H,3-5,10H2,1-2H3,(H,11,12). The smallest absolute Gasteiger partial charge is 0.237 e. The van der Waals surface area contributed by atoms with Gasteiger partial charge >= 0.3 is 0 Å². The SMILES string of the molecule is CC(CSC1CCOC1C)C(=O)NN. The number of ether oxygens (including phenoxy) is 1. The Kier molecular flexibility index (Phi) is 4.71. The molecule has 1 saturated heterocycles. The van der Waals surface area contributed by atoms with Gasteiger partial charge in [-0.25, -0.2) is 5.84 Å². The van der Waals surface area contributed by atoms with Crippen molar-refractivity contribution in [3.05, 3.63) is 0 Å². The predicted molar refractivity (Wildman–Crippen MR) is 57.8 cm³/mol. The zero-order chi connectivity index (χ0) is 10.6. The van der Waals surface area contributed by atoms with E-state index in [2.05, 4.69) is 12.3 Å². The second-order valence-corrected chi connectivity index (χ2v) is 4.92. The molecule has 0 aromatic rings. The summed E-state index contributed by atoms with van der Waals surface area (Å²) < 4.78 is 5.44. The van der Waals surface area contributed by atoms with Crippen molar-refractivity contribution in [1.29, 1.82) is 0 Å². The summed E-state index contributed by atoms with van der Waals surface area (Å²) in [5, 5.41) is 0.531. The van der Waals surface area contributed by atoms with Crippen LogP contribution in [0.3, 0.4) is 0 Å². The molecule has 1 heterocycles. The normalized spacial score (nSPS) is 28.8. The maximum Gasteiger partial charge on any atom is 0.237 e. The Morgan fingerprint density at radius 1 is 1.79 bits per heavy atom. The third-order valence-electron chi connectivity index (χ3n) is 2.46. The van der Waals surface area contributed by atoms with Crippen LogP contribution in [0.5, 0.6) is 0 Å². The number of rotatable bonds is 4. The summed E-state index contributed by atoms with van der Waals surface area (Å²) in [6.07, 6.45) is 1.40. The Bertz CT molecular complexity index is 201. The molecule has 0 bridgehead atoms. The first kappa shape index (κ1) is 11.8. The largest absolute Gasteiger partial charge is 0.377 e. The summed E-state index contributed by atoms with van der Waals surface area (Å²) in [4.78, 5) is 11.1. The van der Waals surface area contributed by atoms with Crippen LogP contribution in [0, 0.1) is 5.92 Å². The van der Waals surface area contributed by atoms with Crippen LogP contribution < -0.4 is 11.3 Å². The van der Waals surface area contributed by atoms with E-state index in [1.165, 1.54) is 0 Å². The van der Waals surface area contributed by atoms with Crippen LogP contribution in [0.15, 0.2) is 0 Å². The Hall–Kier alpha value is -0.260. The first-order valence-corrected chi connectivity index (χ1v) is 5.93. The monoisotopic (exact) mass is 218 g/mol. The summed E-state index contributed by atoms with van der Waals surface area (Å²) in [5.74, 6) is 5.73. The minimum atomic E-state index is -0.0935. The molecule has 3 atom stereocenters. The molecule has 1 fully saturated rings. The van der Waals surface area contributed by atoms with Gasteiger partial charge in [0.2, 0.25) is 5.91 Å². The van der Waals surface area contributed by atoms with Crippen molar-refractivity contribution in [3.63, 3.8) is 0 Å². The summed E-state index contributed by atoms with van der Waals surface area (Å²) >= 11 is 1.80. The summed E-state index contributed by atoms with van der Waals surface area (Å²) in [5.41, 5.74) is 2.17. The van der Waals surface area contributed by atoms with Gasteiger partial charge in [0.05, 0.1) is 6.10 Å². The quantitative estimate of drug-likeness (QED) is 0.410. The van der Waals surface area contributed by atoms with Crippen LogP contribution in [0.4, 0.5) is 0 Å². The first-order valence-electron chi connectivity index (χ1n) is 4.88. The lowest BCUT2D eigenvalue weighted by atomic mass is 10.2. The van der Waals surface area contributed by atoms with E-state index in [-0.39, 0.29) is 11.8 Å². The number of hydrogen-bond donors (Lipinski definition) is 2. The molecule has 3 unspecified atom stereocenters. The maximum absolute atomic E-state index is 11.1. The van der Waals surface area contributed by atoms with E-state index in [0.29, 0.717) is 11.4 Å². The molecule has 0 spiro atoms. The highest BCUT2D eigenvalue weighted by molar-refractivity contribution is 8.00. The number of thioether (sulfide) groups is 1. The van der Waals surface area contributed by atoms with Gasteiger partial charge in [-0.15, -0.1) is 0 Å². The summed E-state index contributed by atoms with van der Waals surface area (Å²) in [6.45, 7) is 4.81. The lowest BCUT2D eigenvalue weighted by Crippen LogP contribution is -2.36. The van der Waals surface area contributed by atoms with Crippen molar-refractivity contribution in [1.82, 2.24) is 5.43 Å². The number of hydrazine groups is 1. The van der Waals surface area contributed by atoms with Crippen LogP contribution in [-0.4, -0.2) is 29.6 Å². The molecule has 5 heteroatoms. The van der Waals surface area contributed by atoms with Gasteiger partial charge in [-0.2, -0.15) is 11.8 Å². The van der Waals surface area contributed by atoms with E-state index in [9.17, 15) is 4.79 Å². The highest BCUT2D eigenvalue weighted by Crippen LogP contribution is 2.27. The molecule has 0 aromatic heterocycles. The Balaban J connectivity index is 2.22. The number of carbonyl (C=O) groups excluding carboxylic acids is 1. The average molecular weight is 218 g/mol. The molecule has 82 valence electrons. The molecule has 0 aliphatic carbocycles. The molecule has 1 aliphatic rings. The number of amides is 1. The number of nitrogens with one attached hydrogen (secondary N) is 1. The van der Waals surface area contributed by atoms with Gasteiger partial charge in [0.15, 0.2) is 0 Å². The van der Waals surface area contributed by atoms with E-state index in [4.69, 9.17) is 10.6 Å². The average Bonchev–Trinajstić information content (AvgIpc) is 2.59. The summed E-state index contributed by atoms with van der Waals surface area (Å²) in [6, 6.07) is 0. The molecule has 14 heavy (non-hydrogen) atoms. The van der Waals surface area contributed by atoms with E-state index in [0.717, 1.165) is 18.8 Å². The molecule has 0 radical (unpaired) electrons. The van der Waals surface area contributed by atoms with Gasteiger partial charge in [0.1, 0.15) is 0 Å². The van der Waals surface area contributed by atoms with Gasteiger partial charge in [0.25, 0.3) is 0 Å². The predicted octanol–water partition coefficient (Wildman–Crippen LogP) is 0.523. The van der Waals surface area contributed by atoms with Crippen molar-refractivity contribution in [2.24, 2.45) is 11.8 Å².